The van der Waals surface area contributed by atoms with Crippen LogP contribution in [0.1, 0.15) is 39.5 Å². The lowest BCUT2D eigenvalue weighted by Gasteiger charge is -2.40. The third kappa shape index (κ3) is 7.78. The standard InChI is InChI=1S/C25H29BrF3N3O4/c1-15(2)13-32(17-7-9-25(28,29)10-8-17)22-6-4-18(36-14-23(33)34)12-21(22)31-24(35)30-20-5-3-16(26)11-19(20)27/h3-6,11-12,15,17H,7-10,13-14H2,1-2H3,(H,33,34)(H2,30,31,35). The maximum Gasteiger partial charge on any atom is 0.341 e. The maximum absolute atomic E-state index is 14.2. The Morgan fingerprint density at radius 2 is 1.81 bits per heavy atom. The molecule has 11 heteroatoms. The van der Waals surface area contributed by atoms with Gasteiger partial charge in [0.1, 0.15) is 11.6 Å². The van der Waals surface area contributed by atoms with E-state index < -0.39 is 30.3 Å². The van der Waals surface area contributed by atoms with Crippen molar-refractivity contribution in [1.29, 1.82) is 0 Å². The minimum atomic E-state index is -2.69. The van der Waals surface area contributed by atoms with Crippen LogP contribution in [0.25, 0.3) is 0 Å². The number of nitrogens with one attached hydrogen (secondary N) is 2. The molecule has 1 fully saturated rings. The largest absolute Gasteiger partial charge is 0.482 e. The number of carboxylic acids is 1. The van der Waals surface area contributed by atoms with Gasteiger partial charge in [-0.05, 0) is 49.1 Å². The number of nitrogens with zero attached hydrogens (tertiary/aromatic N) is 1. The van der Waals surface area contributed by atoms with Crippen molar-refractivity contribution in [2.75, 3.05) is 28.7 Å². The highest BCUT2D eigenvalue weighted by atomic mass is 79.9. The number of hydrogen-bond donors (Lipinski definition) is 3. The second-order valence-electron chi connectivity index (χ2n) is 9.20. The van der Waals surface area contributed by atoms with Crippen LogP contribution < -0.4 is 20.3 Å². The third-order valence-corrected chi connectivity index (χ3v) is 6.25. The fraction of sp³-hybridized carbons (Fsp3) is 0.440. The number of benzene rings is 2. The number of anilines is 3. The van der Waals surface area contributed by atoms with Crippen molar-refractivity contribution < 1.29 is 32.6 Å². The Kier molecular flexibility index (Phi) is 9.10. The minimum Gasteiger partial charge on any atom is -0.482 e. The van der Waals surface area contributed by atoms with E-state index in [4.69, 9.17) is 9.84 Å². The van der Waals surface area contributed by atoms with Crippen LogP contribution in [0.4, 0.5) is 35.0 Å². The first-order chi connectivity index (χ1) is 16.9. The zero-order valence-electron chi connectivity index (χ0n) is 20.0. The molecule has 1 aliphatic rings. The number of rotatable bonds is 9. The van der Waals surface area contributed by atoms with E-state index in [0.29, 0.717) is 16.7 Å². The number of carbonyl (C=O) groups is 2. The van der Waals surface area contributed by atoms with Gasteiger partial charge in [-0.3, -0.25) is 0 Å². The van der Waals surface area contributed by atoms with Gasteiger partial charge < -0.3 is 25.4 Å². The average Bonchev–Trinajstić information content (AvgIpc) is 2.78. The molecule has 7 nitrogen and oxygen atoms in total. The van der Waals surface area contributed by atoms with Gasteiger partial charge in [-0.15, -0.1) is 0 Å². The molecule has 2 amide bonds. The Morgan fingerprint density at radius 1 is 1.14 bits per heavy atom. The van der Waals surface area contributed by atoms with Gasteiger partial charge in [0.25, 0.3) is 0 Å². The molecule has 0 heterocycles. The summed E-state index contributed by atoms with van der Waals surface area (Å²) >= 11 is 3.16. The summed E-state index contributed by atoms with van der Waals surface area (Å²) in [6.45, 7) is 3.97. The molecule has 0 atom stereocenters. The molecule has 1 aliphatic carbocycles. The van der Waals surface area contributed by atoms with Crippen molar-refractivity contribution in [2.45, 2.75) is 51.5 Å². The molecular formula is C25H29BrF3N3O4. The number of amides is 2. The number of alkyl halides is 2. The topological polar surface area (TPSA) is 90.9 Å². The van der Waals surface area contributed by atoms with Crippen LogP contribution >= 0.6 is 15.9 Å². The predicted octanol–water partition coefficient (Wildman–Crippen LogP) is 6.74. The molecule has 3 rings (SSSR count). The summed E-state index contributed by atoms with van der Waals surface area (Å²) in [5, 5.41) is 14.1. The van der Waals surface area contributed by atoms with Gasteiger partial charge in [0, 0.05) is 36.0 Å². The van der Waals surface area contributed by atoms with E-state index in [2.05, 4.69) is 26.6 Å². The highest BCUT2D eigenvalue weighted by Gasteiger charge is 2.37. The lowest BCUT2D eigenvalue weighted by Crippen LogP contribution is -2.43. The van der Waals surface area contributed by atoms with Gasteiger partial charge in [-0.1, -0.05) is 29.8 Å². The van der Waals surface area contributed by atoms with Crippen LogP contribution in [0.3, 0.4) is 0 Å². The third-order valence-electron chi connectivity index (χ3n) is 5.76. The van der Waals surface area contributed by atoms with Crippen LogP contribution in [-0.2, 0) is 4.79 Å². The molecule has 0 bridgehead atoms. The molecule has 36 heavy (non-hydrogen) atoms. The Labute approximate surface area is 216 Å². The van der Waals surface area contributed by atoms with Crippen LogP contribution in [0.15, 0.2) is 40.9 Å². The van der Waals surface area contributed by atoms with E-state index in [-0.39, 0.29) is 54.8 Å². The van der Waals surface area contributed by atoms with Gasteiger partial charge in [0.05, 0.1) is 17.1 Å². The van der Waals surface area contributed by atoms with E-state index in [1.807, 2.05) is 18.7 Å². The first-order valence-corrected chi connectivity index (χ1v) is 12.4. The second kappa shape index (κ2) is 11.9. The summed E-state index contributed by atoms with van der Waals surface area (Å²) in [7, 11) is 0. The zero-order chi connectivity index (χ0) is 26.5. The molecular weight excluding hydrogens is 543 g/mol. The van der Waals surface area contributed by atoms with Gasteiger partial charge >= 0.3 is 12.0 Å². The number of aliphatic carboxylic acids is 1. The zero-order valence-corrected chi connectivity index (χ0v) is 21.6. The van der Waals surface area contributed by atoms with E-state index in [9.17, 15) is 22.8 Å². The fourth-order valence-corrected chi connectivity index (χ4v) is 4.47. The van der Waals surface area contributed by atoms with E-state index in [1.54, 1.807) is 18.2 Å². The Morgan fingerprint density at radius 3 is 2.42 bits per heavy atom. The smallest absolute Gasteiger partial charge is 0.341 e. The lowest BCUT2D eigenvalue weighted by atomic mass is 9.90. The number of urea groups is 1. The number of halogens is 4. The normalized spacial score (nSPS) is 15.4. The number of carbonyl (C=O) groups excluding carboxylic acids is 1. The first-order valence-electron chi connectivity index (χ1n) is 11.6. The summed E-state index contributed by atoms with van der Waals surface area (Å²) in [5.41, 5.74) is 0.822. The van der Waals surface area contributed by atoms with Gasteiger partial charge in [-0.25, -0.2) is 22.8 Å². The maximum atomic E-state index is 14.2. The second-order valence-corrected chi connectivity index (χ2v) is 10.1. The van der Waals surface area contributed by atoms with Crippen LogP contribution in [0.5, 0.6) is 5.75 Å². The summed E-state index contributed by atoms with van der Waals surface area (Å²) in [6, 6.07) is 8.00. The van der Waals surface area contributed by atoms with Crippen molar-refractivity contribution in [3.63, 3.8) is 0 Å². The molecule has 2 aromatic rings. The van der Waals surface area contributed by atoms with Gasteiger partial charge in [0.2, 0.25) is 5.92 Å². The van der Waals surface area contributed by atoms with Gasteiger partial charge in [-0.2, -0.15) is 0 Å². The highest BCUT2D eigenvalue weighted by Crippen LogP contribution is 2.39. The molecule has 3 N–H and O–H groups in total. The summed E-state index contributed by atoms with van der Waals surface area (Å²) < 4.78 is 47.7. The number of carboxylic acid groups (broad SMARTS) is 1. The van der Waals surface area contributed by atoms with Crippen LogP contribution in [0, 0.1) is 11.7 Å². The summed E-state index contributed by atoms with van der Waals surface area (Å²) in [6.07, 6.45) is 0.121. The molecule has 2 aromatic carbocycles. The molecule has 0 saturated heterocycles. The SMILES string of the molecule is CC(C)CN(c1ccc(OCC(=O)O)cc1NC(=O)Nc1ccc(Br)cc1F)C1CCC(F)(F)CC1. The lowest BCUT2D eigenvalue weighted by molar-refractivity contribution is -0.139. The van der Waals surface area contributed by atoms with Crippen molar-refractivity contribution in [1.82, 2.24) is 0 Å². The van der Waals surface area contributed by atoms with E-state index in [1.165, 1.54) is 18.2 Å². The van der Waals surface area contributed by atoms with E-state index in [0.717, 1.165) is 0 Å². The predicted molar refractivity (Wildman–Crippen MR) is 136 cm³/mol. The summed E-state index contributed by atoms with van der Waals surface area (Å²) in [5.74, 6) is -4.10. The highest BCUT2D eigenvalue weighted by molar-refractivity contribution is 9.10. The Bertz CT molecular complexity index is 1090. The molecule has 196 valence electrons. The van der Waals surface area contributed by atoms with E-state index >= 15 is 0 Å². The summed E-state index contributed by atoms with van der Waals surface area (Å²) in [4.78, 5) is 25.7. The number of ether oxygens (including phenoxy) is 1. The molecule has 1 saturated carbocycles. The van der Waals surface area contributed by atoms with Crippen LogP contribution in [0.2, 0.25) is 0 Å². The quantitative estimate of drug-likeness (QED) is 0.310. The molecule has 0 unspecified atom stereocenters. The van der Waals surface area contributed by atoms with Crippen molar-refractivity contribution >= 4 is 45.0 Å². The number of hydrogen-bond acceptors (Lipinski definition) is 4. The van der Waals surface area contributed by atoms with Crippen molar-refractivity contribution in [3.8, 4) is 5.75 Å². The Hall–Kier alpha value is -2.95. The Balaban J connectivity index is 1.91. The minimum absolute atomic E-state index is 0.0379. The molecule has 0 spiro atoms. The van der Waals surface area contributed by atoms with Crippen molar-refractivity contribution in [2.24, 2.45) is 5.92 Å². The monoisotopic (exact) mass is 571 g/mol. The van der Waals surface area contributed by atoms with Crippen LogP contribution in [-0.4, -0.2) is 42.2 Å². The first kappa shape index (κ1) is 27.6. The fourth-order valence-electron chi connectivity index (χ4n) is 4.14. The van der Waals surface area contributed by atoms with Crippen molar-refractivity contribution in [3.05, 3.63) is 46.7 Å². The average molecular weight is 572 g/mol. The molecule has 0 aliphatic heterocycles. The van der Waals surface area contributed by atoms with Gasteiger partial charge in [0.15, 0.2) is 6.61 Å². The molecule has 0 radical (unpaired) electrons. The molecule has 0 aromatic heterocycles.